The minimum Gasteiger partial charge on any atom is -0.497 e. The molecule has 0 saturated heterocycles. The van der Waals surface area contributed by atoms with Gasteiger partial charge in [-0.2, -0.15) is 4.98 Å². The highest BCUT2D eigenvalue weighted by molar-refractivity contribution is 5.76. The van der Waals surface area contributed by atoms with Gasteiger partial charge in [-0.05, 0) is 23.1 Å². The summed E-state index contributed by atoms with van der Waals surface area (Å²) in [4.78, 5) is 19.4. The Balaban J connectivity index is 1.73. The predicted octanol–water partition coefficient (Wildman–Crippen LogP) is 4.76. The molecule has 0 aliphatic rings. The molecule has 0 fully saturated rings. The molecule has 1 heterocycles. The fourth-order valence-corrected chi connectivity index (χ4v) is 3.30. The number of methoxy groups -OCH3 is 2. The van der Waals surface area contributed by atoms with Gasteiger partial charge in [0.1, 0.15) is 11.5 Å². The minimum absolute atomic E-state index is 0.0882. The molecule has 1 amide bonds. The van der Waals surface area contributed by atoms with Gasteiger partial charge in [0, 0.05) is 37.6 Å². The van der Waals surface area contributed by atoms with Crippen molar-refractivity contribution in [2.24, 2.45) is 5.41 Å². The Morgan fingerprint density at radius 2 is 1.69 bits per heavy atom. The van der Waals surface area contributed by atoms with E-state index < -0.39 is 0 Å². The van der Waals surface area contributed by atoms with Crippen LogP contribution >= 0.6 is 0 Å². The maximum Gasteiger partial charge on any atom is 0.228 e. The highest BCUT2D eigenvalue weighted by Gasteiger charge is 2.22. The highest BCUT2D eigenvalue weighted by atomic mass is 16.5. The van der Waals surface area contributed by atoms with Gasteiger partial charge in [-0.1, -0.05) is 56.3 Å². The van der Waals surface area contributed by atoms with E-state index in [1.165, 1.54) is 0 Å². The van der Waals surface area contributed by atoms with Gasteiger partial charge in [-0.15, -0.1) is 0 Å². The maximum absolute atomic E-state index is 13.0. The summed E-state index contributed by atoms with van der Waals surface area (Å²) in [5.74, 6) is 2.33. The Morgan fingerprint density at radius 3 is 2.28 bits per heavy atom. The van der Waals surface area contributed by atoms with Gasteiger partial charge in [0.05, 0.1) is 14.2 Å². The van der Waals surface area contributed by atoms with Crippen LogP contribution in [0.1, 0.15) is 38.6 Å². The molecule has 0 aliphatic carbocycles. The number of carbonyl (C=O) groups excluding carboxylic acids is 1. The molecule has 0 bridgehead atoms. The molecule has 32 heavy (non-hydrogen) atoms. The first-order chi connectivity index (χ1) is 15.3. The average Bonchev–Trinajstić information content (AvgIpc) is 3.24. The van der Waals surface area contributed by atoms with E-state index in [-0.39, 0.29) is 11.3 Å². The molecule has 0 N–H and O–H groups in total. The lowest BCUT2D eigenvalue weighted by Crippen LogP contribution is -2.34. The molecule has 1 aromatic heterocycles. The number of hydrogen-bond donors (Lipinski definition) is 0. The predicted molar refractivity (Wildman–Crippen MR) is 122 cm³/mol. The molecule has 3 rings (SSSR count). The number of amides is 1. The number of rotatable bonds is 9. The van der Waals surface area contributed by atoms with Gasteiger partial charge in [-0.3, -0.25) is 4.79 Å². The van der Waals surface area contributed by atoms with Crippen LogP contribution in [0.4, 0.5) is 0 Å². The van der Waals surface area contributed by atoms with Crippen LogP contribution in [0.3, 0.4) is 0 Å². The van der Waals surface area contributed by atoms with Gasteiger partial charge in [0.2, 0.25) is 17.6 Å². The van der Waals surface area contributed by atoms with E-state index in [0.29, 0.717) is 49.1 Å². The molecule has 0 radical (unpaired) electrons. The molecule has 0 spiro atoms. The third-order valence-electron chi connectivity index (χ3n) is 4.92. The summed E-state index contributed by atoms with van der Waals surface area (Å²) in [5.41, 5.74) is 1.74. The van der Waals surface area contributed by atoms with E-state index in [4.69, 9.17) is 14.0 Å². The lowest BCUT2D eigenvalue weighted by Gasteiger charge is -2.26. The molecule has 7 nitrogen and oxygen atoms in total. The molecule has 7 heteroatoms. The van der Waals surface area contributed by atoms with E-state index >= 15 is 0 Å². The highest BCUT2D eigenvalue weighted by Crippen LogP contribution is 2.28. The second-order valence-electron chi connectivity index (χ2n) is 8.90. The Labute approximate surface area is 189 Å². The van der Waals surface area contributed by atoms with E-state index in [1.54, 1.807) is 20.3 Å². The average molecular weight is 438 g/mol. The Kier molecular flexibility index (Phi) is 7.51. The van der Waals surface area contributed by atoms with Crippen molar-refractivity contribution in [1.82, 2.24) is 15.0 Å². The van der Waals surface area contributed by atoms with Crippen molar-refractivity contribution in [1.29, 1.82) is 0 Å². The number of aromatic nitrogens is 2. The normalized spacial score (nSPS) is 11.3. The molecule has 3 aromatic rings. The topological polar surface area (TPSA) is 77.7 Å². The zero-order valence-electron chi connectivity index (χ0n) is 19.4. The first kappa shape index (κ1) is 23.3. The van der Waals surface area contributed by atoms with E-state index in [2.05, 4.69) is 30.9 Å². The quantitative estimate of drug-likeness (QED) is 0.480. The summed E-state index contributed by atoms with van der Waals surface area (Å²) < 4.78 is 16.1. The van der Waals surface area contributed by atoms with Crippen LogP contribution in [-0.2, 0) is 17.8 Å². The number of carbonyl (C=O) groups is 1. The molecule has 0 unspecified atom stereocenters. The Hall–Kier alpha value is -3.35. The second-order valence-corrected chi connectivity index (χ2v) is 8.90. The molecular weight excluding hydrogens is 406 g/mol. The van der Waals surface area contributed by atoms with Gasteiger partial charge >= 0.3 is 0 Å². The monoisotopic (exact) mass is 437 g/mol. The van der Waals surface area contributed by atoms with Gasteiger partial charge in [0.15, 0.2) is 0 Å². The van der Waals surface area contributed by atoms with Crippen molar-refractivity contribution < 1.29 is 18.8 Å². The van der Waals surface area contributed by atoms with Crippen molar-refractivity contribution >= 4 is 5.91 Å². The third kappa shape index (κ3) is 6.57. The van der Waals surface area contributed by atoms with Crippen LogP contribution in [-0.4, -0.2) is 41.7 Å². The van der Waals surface area contributed by atoms with Crippen LogP contribution in [0.2, 0.25) is 0 Å². The number of hydrogen-bond acceptors (Lipinski definition) is 6. The van der Waals surface area contributed by atoms with Crippen molar-refractivity contribution in [3.8, 4) is 22.9 Å². The van der Waals surface area contributed by atoms with Crippen LogP contribution in [0.5, 0.6) is 11.5 Å². The SMILES string of the molecule is COc1cc(OC)cc(-c2noc(CCN(Cc3ccccc3)C(=O)CC(C)(C)C)n2)c1. The first-order valence-electron chi connectivity index (χ1n) is 10.6. The molecule has 170 valence electrons. The zero-order chi connectivity index (χ0) is 23.1. The van der Waals surface area contributed by atoms with Crippen molar-refractivity contribution in [3.05, 3.63) is 60.0 Å². The second kappa shape index (κ2) is 10.3. The lowest BCUT2D eigenvalue weighted by molar-refractivity contribution is -0.133. The largest absolute Gasteiger partial charge is 0.497 e. The van der Waals surface area contributed by atoms with Crippen LogP contribution in [0.15, 0.2) is 53.1 Å². The summed E-state index contributed by atoms with van der Waals surface area (Å²) in [5, 5.41) is 4.10. The summed E-state index contributed by atoms with van der Waals surface area (Å²) >= 11 is 0. The molecule has 0 saturated carbocycles. The molecule has 0 aliphatic heterocycles. The van der Waals surface area contributed by atoms with E-state index in [0.717, 1.165) is 11.1 Å². The number of nitrogens with zero attached hydrogens (tertiary/aromatic N) is 3. The summed E-state index contributed by atoms with van der Waals surface area (Å²) in [6, 6.07) is 15.4. The minimum atomic E-state index is -0.0882. The molecule has 2 aromatic carbocycles. The maximum atomic E-state index is 13.0. The Morgan fingerprint density at radius 1 is 1.03 bits per heavy atom. The fraction of sp³-hybridized carbons (Fsp3) is 0.400. The van der Waals surface area contributed by atoms with Crippen molar-refractivity contribution in [2.75, 3.05) is 20.8 Å². The lowest BCUT2D eigenvalue weighted by atomic mass is 9.91. The van der Waals surface area contributed by atoms with Gasteiger partial charge in [-0.25, -0.2) is 0 Å². The van der Waals surface area contributed by atoms with Gasteiger partial charge < -0.3 is 18.9 Å². The standard InChI is InChI=1S/C25H31N3O4/c1-25(2,3)16-23(29)28(17-18-9-7-6-8-10-18)12-11-22-26-24(27-32-22)19-13-20(30-4)15-21(14-19)31-5/h6-10,13-15H,11-12,16-17H2,1-5H3. The zero-order valence-corrected chi connectivity index (χ0v) is 19.4. The summed E-state index contributed by atoms with van der Waals surface area (Å²) in [7, 11) is 3.19. The van der Waals surface area contributed by atoms with Crippen molar-refractivity contribution in [2.45, 2.75) is 40.2 Å². The van der Waals surface area contributed by atoms with Gasteiger partial charge in [0.25, 0.3) is 0 Å². The van der Waals surface area contributed by atoms with Crippen LogP contribution < -0.4 is 9.47 Å². The number of ether oxygens (including phenoxy) is 2. The summed E-state index contributed by atoms with van der Waals surface area (Å²) in [6.45, 7) is 7.24. The van der Waals surface area contributed by atoms with E-state index in [9.17, 15) is 4.79 Å². The van der Waals surface area contributed by atoms with E-state index in [1.807, 2.05) is 47.4 Å². The third-order valence-corrected chi connectivity index (χ3v) is 4.92. The fourth-order valence-electron chi connectivity index (χ4n) is 3.30. The molecule has 0 atom stereocenters. The van der Waals surface area contributed by atoms with Crippen molar-refractivity contribution in [3.63, 3.8) is 0 Å². The smallest absolute Gasteiger partial charge is 0.228 e. The molecular formula is C25H31N3O4. The number of benzene rings is 2. The Bertz CT molecular complexity index is 1000. The van der Waals surface area contributed by atoms with Crippen LogP contribution in [0.25, 0.3) is 11.4 Å². The van der Waals surface area contributed by atoms with Crippen LogP contribution in [0, 0.1) is 5.41 Å². The summed E-state index contributed by atoms with van der Waals surface area (Å²) in [6.07, 6.45) is 0.940. The first-order valence-corrected chi connectivity index (χ1v) is 10.6.